The number of nitrogens with zero attached hydrogens (tertiary/aromatic N) is 2. The fraction of sp³-hybridized carbons (Fsp3) is 0.588. The largest absolute Gasteiger partial charge is 0.343 e. The molecule has 1 aliphatic rings. The zero-order valence-electron chi connectivity index (χ0n) is 14.0. The van der Waals surface area contributed by atoms with Crippen LogP contribution in [0.3, 0.4) is 0 Å². The van der Waals surface area contributed by atoms with E-state index in [0.717, 1.165) is 44.6 Å². The van der Waals surface area contributed by atoms with Crippen LogP contribution in [0.1, 0.15) is 32.3 Å². The first kappa shape index (κ1) is 17.4. The molecule has 0 aromatic heterocycles. The van der Waals surface area contributed by atoms with E-state index >= 15 is 0 Å². The Morgan fingerprint density at radius 3 is 2.70 bits per heavy atom. The second kappa shape index (κ2) is 8.06. The minimum absolute atomic E-state index is 0.0430. The van der Waals surface area contributed by atoms with E-state index in [9.17, 15) is 14.9 Å². The predicted octanol–water partition coefficient (Wildman–Crippen LogP) is 1.26. The number of para-hydroxylation sites is 1. The SMILES string of the molecule is CCN(CC)C(=O)[C@H]1CCC[NH+](Cc2ccccc2[N+](=O)[O-])C1. The zero-order valence-corrected chi connectivity index (χ0v) is 14.0. The van der Waals surface area contributed by atoms with Gasteiger partial charge in [-0.15, -0.1) is 0 Å². The number of amides is 1. The van der Waals surface area contributed by atoms with Gasteiger partial charge in [-0.1, -0.05) is 12.1 Å². The molecule has 0 saturated carbocycles. The van der Waals surface area contributed by atoms with Gasteiger partial charge in [0.15, 0.2) is 0 Å². The van der Waals surface area contributed by atoms with Crippen molar-refractivity contribution < 1.29 is 14.6 Å². The summed E-state index contributed by atoms with van der Waals surface area (Å²) in [6.45, 7) is 7.83. The van der Waals surface area contributed by atoms with E-state index in [-0.39, 0.29) is 22.4 Å². The highest BCUT2D eigenvalue weighted by Crippen LogP contribution is 2.17. The molecule has 1 aromatic carbocycles. The van der Waals surface area contributed by atoms with Gasteiger partial charge in [0, 0.05) is 19.2 Å². The third kappa shape index (κ3) is 4.28. The molecule has 1 fully saturated rings. The van der Waals surface area contributed by atoms with Crippen LogP contribution in [0.5, 0.6) is 0 Å². The van der Waals surface area contributed by atoms with Crippen molar-refractivity contribution in [2.45, 2.75) is 33.2 Å². The van der Waals surface area contributed by atoms with Crippen molar-refractivity contribution >= 4 is 11.6 Å². The summed E-state index contributed by atoms with van der Waals surface area (Å²) >= 11 is 0. The molecule has 1 heterocycles. The molecule has 126 valence electrons. The number of nitrogens with one attached hydrogen (secondary N) is 1. The molecule has 2 rings (SSSR count). The molecule has 2 atom stereocenters. The zero-order chi connectivity index (χ0) is 16.8. The molecule has 1 aromatic rings. The van der Waals surface area contributed by atoms with Crippen molar-refractivity contribution in [2.24, 2.45) is 5.92 Å². The smallest absolute Gasteiger partial charge is 0.278 e. The maximum atomic E-state index is 12.5. The van der Waals surface area contributed by atoms with E-state index in [0.29, 0.717) is 6.54 Å². The Morgan fingerprint density at radius 1 is 1.35 bits per heavy atom. The van der Waals surface area contributed by atoms with E-state index in [4.69, 9.17) is 0 Å². The Kier molecular flexibility index (Phi) is 6.10. The summed E-state index contributed by atoms with van der Waals surface area (Å²) in [6.07, 6.45) is 1.92. The molecule has 0 bridgehead atoms. The average molecular weight is 320 g/mol. The molecule has 0 radical (unpaired) electrons. The molecule has 1 N–H and O–H groups in total. The first-order valence-corrected chi connectivity index (χ1v) is 8.41. The number of carbonyl (C=O) groups is 1. The number of rotatable bonds is 6. The number of quaternary nitrogens is 1. The molecule has 0 aliphatic carbocycles. The number of carbonyl (C=O) groups excluding carboxylic acids is 1. The van der Waals surface area contributed by atoms with Crippen LogP contribution in [0.25, 0.3) is 0 Å². The monoisotopic (exact) mass is 320 g/mol. The summed E-state index contributed by atoms with van der Waals surface area (Å²) in [6, 6.07) is 6.91. The minimum atomic E-state index is -0.322. The molecule has 1 aliphatic heterocycles. The molecule has 6 nitrogen and oxygen atoms in total. The Morgan fingerprint density at radius 2 is 2.04 bits per heavy atom. The number of nitro benzene ring substituents is 1. The van der Waals surface area contributed by atoms with Crippen LogP contribution in [0, 0.1) is 16.0 Å². The van der Waals surface area contributed by atoms with Crippen LogP contribution in [-0.4, -0.2) is 41.9 Å². The van der Waals surface area contributed by atoms with Gasteiger partial charge in [0.2, 0.25) is 5.91 Å². The van der Waals surface area contributed by atoms with Crippen molar-refractivity contribution in [2.75, 3.05) is 26.2 Å². The highest BCUT2D eigenvalue weighted by molar-refractivity contribution is 5.78. The number of hydrogen-bond acceptors (Lipinski definition) is 3. The maximum Gasteiger partial charge on any atom is 0.278 e. The Balaban J connectivity index is 2.05. The molecule has 23 heavy (non-hydrogen) atoms. The number of benzene rings is 1. The van der Waals surface area contributed by atoms with Crippen LogP contribution in [0.4, 0.5) is 5.69 Å². The van der Waals surface area contributed by atoms with Gasteiger partial charge in [0.1, 0.15) is 6.54 Å². The lowest BCUT2D eigenvalue weighted by atomic mass is 9.96. The van der Waals surface area contributed by atoms with Crippen molar-refractivity contribution in [3.8, 4) is 0 Å². The average Bonchev–Trinajstić information content (AvgIpc) is 2.56. The first-order chi connectivity index (χ1) is 11.1. The second-order valence-corrected chi connectivity index (χ2v) is 6.12. The van der Waals surface area contributed by atoms with Gasteiger partial charge in [0.05, 0.1) is 29.5 Å². The molecule has 1 amide bonds. The highest BCUT2D eigenvalue weighted by Gasteiger charge is 2.31. The van der Waals surface area contributed by atoms with Crippen molar-refractivity contribution in [1.82, 2.24) is 4.90 Å². The first-order valence-electron chi connectivity index (χ1n) is 8.41. The summed E-state index contributed by atoms with van der Waals surface area (Å²) in [5.74, 6) is 0.274. The van der Waals surface area contributed by atoms with Gasteiger partial charge in [0.25, 0.3) is 5.69 Å². The van der Waals surface area contributed by atoms with Crippen molar-refractivity contribution in [3.63, 3.8) is 0 Å². The van der Waals surface area contributed by atoms with E-state index in [1.165, 1.54) is 4.90 Å². The van der Waals surface area contributed by atoms with Gasteiger partial charge in [-0.05, 0) is 32.8 Å². The van der Waals surface area contributed by atoms with E-state index in [1.807, 2.05) is 30.9 Å². The molecular weight excluding hydrogens is 294 g/mol. The normalized spacial score (nSPS) is 21.0. The fourth-order valence-corrected chi connectivity index (χ4v) is 3.42. The van der Waals surface area contributed by atoms with Gasteiger partial charge in [-0.25, -0.2) is 0 Å². The second-order valence-electron chi connectivity index (χ2n) is 6.12. The Labute approximate surface area is 137 Å². The molecule has 1 unspecified atom stereocenters. The Hall–Kier alpha value is -1.95. The third-order valence-electron chi connectivity index (χ3n) is 4.67. The lowest BCUT2D eigenvalue weighted by Crippen LogP contribution is -3.12. The number of piperidine rings is 1. The predicted molar refractivity (Wildman–Crippen MR) is 88.1 cm³/mol. The standard InChI is InChI=1S/C17H25N3O3/c1-3-19(4-2)17(21)15-9-7-11-18(13-15)12-14-8-5-6-10-16(14)20(22)23/h5-6,8,10,15H,3-4,7,9,11-13H2,1-2H3/p+1/t15-/m0/s1. The summed E-state index contributed by atoms with van der Waals surface area (Å²) in [7, 11) is 0. The van der Waals surface area contributed by atoms with Gasteiger partial charge in [-0.2, -0.15) is 0 Å². The summed E-state index contributed by atoms with van der Waals surface area (Å²) in [4.78, 5) is 26.5. The highest BCUT2D eigenvalue weighted by atomic mass is 16.6. The minimum Gasteiger partial charge on any atom is -0.343 e. The molecule has 0 spiro atoms. The summed E-state index contributed by atoms with van der Waals surface area (Å²) < 4.78 is 0. The summed E-state index contributed by atoms with van der Waals surface area (Å²) in [5.41, 5.74) is 0.931. The van der Waals surface area contributed by atoms with Gasteiger partial charge >= 0.3 is 0 Å². The molecular formula is C17H26N3O3+. The third-order valence-corrected chi connectivity index (χ3v) is 4.67. The summed E-state index contributed by atoms with van der Waals surface area (Å²) in [5, 5.41) is 11.1. The number of likely N-dealkylation sites (tertiary alicyclic amines) is 1. The topological polar surface area (TPSA) is 67.9 Å². The van der Waals surface area contributed by atoms with E-state index in [1.54, 1.807) is 12.1 Å². The van der Waals surface area contributed by atoms with Crippen LogP contribution >= 0.6 is 0 Å². The fourth-order valence-electron chi connectivity index (χ4n) is 3.42. The van der Waals surface area contributed by atoms with Crippen molar-refractivity contribution in [1.29, 1.82) is 0 Å². The molecule has 1 saturated heterocycles. The van der Waals surface area contributed by atoms with Crippen molar-refractivity contribution in [3.05, 3.63) is 39.9 Å². The van der Waals surface area contributed by atoms with Crippen LogP contribution < -0.4 is 4.90 Å². The lowest BCUT2D eigenvalue weighted by molar-refractivity contribution is -0.921. The number of hydrogen-bond donors (Lipinski definition) is 1. The quantitative estimate of drug-likeness (QED) is 0.634. The van der Waals surface area contributed by atoms with Gasteiger partial charge in [-0.3, -0.25) is 14.9 Å². The molecule has 6 heteroatoms. The van der Waals surface area contributed by atoms with Crippen LogP contribution in [-0.2, 0) is 11.3 Å². The lowest BCUT2D eigenvalue weighted by Gasteiger charge is -2.32. The van der Waals surface area contributed by atoms with E-state index < -0.39 is 0 Å². The van der Waals surface area contributed by atoms with Crippen LogP contribution in [0.15, 0.2) is 24.3 Å². The maximum absolute atomic E-state index is 12.5. The number of nitro groups is 1. The van der Waals surface area contributed by atoms with Gasteiger partial charge < -0.3 is 9.80 Å². The Bertz CT molecular complexity index is 558. The van der Waals surface area contributed by atoms with Crippen LogP contribution in [0.2, 0.25) is 0 Å². The van der Waals surface area contributed by atoms with E-state index in [2.05, 4.69) is 0 Å².